The van der Waals surface area contributed by atoms with Crippen molar-refractivity contribution in [1.82, 2.24) is 5.32 Å². The quantitative estimate of drug-likeness (QED) is 0.570. The first kappa shape index (κ1) is 5.41. The molecule has 0 saturated carbocycles. The van der Waals surface area contributed by atoms with Crippen LogP contribution in [-0.2, 0) is 0 Å². The minimum Gasteiger partial charge on any atom is -0.465 e. The third kappa shape index (κ3) is 3.46. The summed E-state index contributed by atoms with van der Waals surface area (Å²) in [7, 11) is 0. The van der Waals surface area contributed by atoms with Crippen LogP contribution in [0.4, 0.5) is 4.79 Å². The molecule has 0 spiro atoms. The van der Waals surface area contributed by atoms with Gasteiger partial charge in [0.15, 0.2) is 0 Å². The van der Waals surface area contributed by atoms with E-state index in [-0.39, 0.29) is 6.04 Å². The molecule has 0 aliphatic heterocycles. The number of nitrogens with one attached hydrogen (secondary N) is 1. The average molecular weight is 119 g/mol. The summed E-state index contributed by atoms with van der Waals surface area (Å²) in [6.07, 6.45) is 0.152. The highest BCUT2D eigenvalue weighted by Crippen LogP contribution is 1.85. The number of amides is 1. The molecule has 0 rings (SSSR count). The van der Waals surface area contributed by atoms with Crippen LogP contribution in [0.1, 0.15) is 20.3 Å². The van der Waals surface area contributed by atoms with Gasteiger partial charge in [0.2, 0.25) is 0 Å². The second kappa shape index (κ2) is 3.29. The van der Waals surface area contributed by atoms with Crippen LogP contribution in [0.25, 0.3) is 1.43 Å². The summed E-state index contributed by atoms with van der Waals surface area (Å²) >= 11 is 0. The highest BCUT2D eigenvalue weighted by molar-refractivity contribution is 5.64. The molecule has 0 aliphatic rings. The fourth-order valence-corrected chi connectivity index (χ4v) is 0.303. The topological polar surface area (TPSA) is 49.3 Å². The normalized spacial score (nSPS) is 14.0. The zero-order chi connectivity index (χ0) is 7.28. The van der Waals surface area contributed by atoms with E-state index >= 15 is 0 Å². The summed E-state index contributed by atoms with van der Waals surface area (Å²) in [6, 6.07) is 0.0860. The van der Waals surface area contributed by atoms with Crippen molar-refractivity contribution in [3.05, 3.63) is 0 Å². The van der Waals surface area contributed by atoms with Gasteiger partial charge in [0.1, 0.15) is 0 Å². The second-order valence-corrected chi connectivity index (χ2v) is 1.74. The van der Waals surface area contributed by atoms with E-state index in [0.717, 1.165) is 6.42 Å². The number of hydrogen-bond donors (Lipinski definition) is 2. The maximum absolute atomic E-state index is 10.3. The number of hydrogen-bond acceptors (Lipinski definition) is 2. The molecule has 2 N–H and O–H groups in total. The summed E-state index contributed by atoms with van der Waals surface area (Å²) in [5, 5.41) is 6.05. The molecular formula is C5H11NO2. The van der Waals surface area contributed by atoms with Gasteiger partial charge in [-0.2, -0.15) is 0 Å². The second-order valence-electron chi connectivity index (χ2n) is 1.74. The van der Waals surface area contributed by atoms with E-state index in [2.05, 4.69) is 10.4 Å². The van der Waals surface area contributed by atoms with E-state index in [1.807, 2.05) is 13.8 Å². The van der Waals surface area contributed by atoms with Gasteiger partial charge in [0.05, 0.1) is 0 Å². The summed E-state index contributed by atoms with van der Waals surface area (Å²) in [5.74, 6) is 0. The van der Waals surface area contributed by atoms with Gasteiger partial charge < -0.3 is 10.4 Å². The van der Waals surface area contributed by atoms with Crippen molar-refractivity contribution in [3.63, 3.8) is 0 Å². The maximum atomic E-state index is 10.3. The molecular weight excluding hydrogens is 106 g/mol. The maximum Gasteiger partial charge on any atom is 0.404 e. The van der Waals surface area contributed by atoms with Gasteiger partial charge in [-0.25, -0.2) is 4.79 Å². The Morgan fingerprint density at radius 1 is 2.12 bits per heavy atom. The van der Waals surface area contributed by atoms with Gasteiger partial charge in [-0.05, 0) is 13.3 Å². The highest BCUT2D eigenvalue weighted by Gasteiger charge is 1.99. The number of carboxylic acid groups (broad SMARTS) is 1. The molecule has 1 amide bonds. The minimum absolute atomic E-state index is 0.0860. The molecule has 0 aromatic carbocycles. The Bertz CT molecular complexity index is 97.0. The molecule has 0 radical (unpaired) electrons. The van der Waals surface area contributed by atoms with Crippen molar-refractivity contribution in [2.45, 2.75) is 26.3 Å². The third-order valence-electron chi connectivity index (χ3n) is 0.977. The van der Waals surface area contributed by atoms with Crippen molar-refractivity contribution < 1.29 is 9.90 Å². The van der Waals surface area contributed by atoms with Crippen molar-refractivity contribution in [3.8, 4) is 0 Å². The molecule has 0 saturated heterocycles. The van der Waals surface area contributed by atoms with Gasteiger partial charge >= 0.3 is 6.09 Å². The zero-order valence-corrected chi connectivity index (χ0v) is 5.10. The first-order valence-corrected chi connectivity index (χ1v) is 2.64. The van der Waals surface area contributed by atoms with Crippen molar-refractivity contribution in [2.24, 2.45) is 0 Å². The van der Waals surface area contributed by atoms with Crippen LogP contribution in [0.15, 0.2) is 0 Å². The Morgan fingerprint density at radius 2 is 2.75 bits per heavy atom. The first-order chi connectivity index (χ1) is 4.20. The fourth-order valence-electron chi connectivity index (χ4n) is 0.303. The Kier molecular flexibility index (Phi) is 2.23. The molecule has 0 bridgehead atoms. The number of carbonyl (C=O) groups is 1. The Hall–Kier alpha value is -0.730. The van der Waals surface area contributed by atoms with Crippen LogP contribution >= 0.6 is 0 Å². The SMILES string of the molecule is [3H]OC(=O)NC(C)CC. The van der Waals surface area contributed by atoms with Gasteiger partial charge in [-0.3, -0.25) is 0 Å². The molecule has 0 aromatic heterocycles. The molecule has 8 heavy (non-hydrogen) atoms. The molecule has 1 unspecified atom stereocenters. The predicted molar refractivity (Wildman–Crippen MR) is 30.9 cm³/mol. The predicted octanol–water partition coefficient (Wildman–Crippen LogP) is 1.05. The molecule has 0 aromatic rings. The van der Waals surface area contributed by atoms with Crippen molar-refractivity contribution in [1.29, 1.82) is 1.43 Å². The van der Waals surface area contributed by atoms with Crippen LogP contribution in [0.3, 0.4) is 0 Å². The lowest BCUT2D eigenvalue weighted by atomic mass is 10.3. The van der Waals surface area contributed by atoms with Crippen LogP contribution in [0.2, 0.25) is 0 Å². The van der Waals surface area contributed by atoms with Crippen LogP contribution < -0.4 is 5.32 Å². The van der Waals surface area contributed by atoms with Gasteiger partial charge in [-0.15, -0.1) is 0 Å². The van der Waals surface area contributed by atoms with Crippen molar-refractivity contribution in [2.75, 3.05) is 0 Å². The molecule has 0 aliphatic carbocycles. The molecule has 3 heteroatoms. The lowest BCUT2D eigenvalue weighted by Gasteiger charge is -2.05. The summed E-state index contributed by atoms with van der Waals surface area (Å²) in [5.41, 5.74) is 0. The van der Waals surface area contributed by atoms with E-state index in [9.17, 15) is 4.79 Å². The summed E-state index contributed by atoms with van der Waals surface area (Å²) < 4.78 is 6.17. The third-order valence-corrected chi connectivity index (χ3v) is 0.977. The van der Waals surface area contributed by atoms with Gasteiger partial charge in [0.25, 0.3) is 1.43 Å². The molecule has 3 nitrogen and oxygen atoms in total. The standard InChI is InChI=1S/C5H11NO2/c1-3-4(2)6-5(7)8/h4,6H,3H2,1-2H3,(H,7,8)/i/hT. The Labute approximate surface area is 50.2 Å². The van der Waals surface area contributed by atoms with Crippen LogP contribution in [0, 0.1) is 0 Å². The molecule has 48 valence electrons. The van der Waals surface area contributed by atoms with E-state index < -0.39 is 6.09 Å². The first-order valence-electron chi connectivity index (χ1n) is 3.05. The van der Waals surface area contributed by atoms with E-state index in [1.54, 1.807) is 0 Å². The van der Waals surface area contributed by atoms with E-state index in [1.165, 1.54) is 0 Å². The van der Waals surface area contributed by atoms with Crippen LogP contribution in [0.5, 0.6) is 0 Å². The van der Waals surface area contributed by atoms with Crippen LogP contribution in [-0.4, -0.2) is 17.2 Å². The molecule has 0 fully saturated rings. The Balaban J connectivity index is 3.34. The fraction of sp³-hybridized carbons (Fsp3) is 0.800. The lowest BCUT2D eigenvalue weighted by molar-refractivity contribution is 0.190. The van der Waals surface area contributed by atoms with Crippen molar-refractivity contribution >= 4 is 6.09 Å². The molecule has 0 heterocycles. The average Bonchev–Trinajstić information content (AvgIpc) is 1.87. The van der Waals surface area contributed by atoms with E-state index in [4.69, 9.17) is 1.43 Å². The largest absolute Gasteiger partial charge is 0.465 e. The monoisotopic (exact) mass is 119 g/mol. The van der Waals surface area contributed by atoms with Gasteiger partial charge in [0, 0.05) is 6.04 Å². The zero-order valence-electron chi connectivity index (χ0n) is 6.10. The highest BCUT2D eigenvalue weighted by atomic mass is 16.4. The minimum atomic E-state index is -0.690. The van der Waals surface area contributed by atoms with E-state index in [0.29, 0.717) is 0 Å². The molecule has 1 atom stereocenters. The summed E-state index contributed by atoms with van der Waals surface area (Å²) in [6.45, 7) is 3.78. The lowest BCUT2D eigenvalue weighted by Crippen LogP contribution is -2.30. The van der Waals surface area contributed by atoms with Gasteiger partial charge in [-0.1, -0.05) is 6.92 Å². The smallest absolute Gasteiger partial charge is 0.404 e. The summed E-state index contributed by atoms with van der Waals surface area (Å²) in [4.78, 5) is 10.3. The number of rotatable bonds is 2. The Morgan fingerprint density at radius 3 is 3.12 bits per heavy atom.